The molecule has 1 amide bonds. The predicted octanol–water partition coefficient (Wildman–Crippen LogP) is 5.34. The average molecular weight is 470 g/mol. The van der Waals surface area contributed by atoms with E-state index in [1.54, 1.807) is 25.3 Å². The molecule has 1 saturated heterocycles. The van der Waals surface area contributed by atoms with Crippen LogP contribution in [-0.2, 0) is 4.79 Å². The first-order valence-electron chi connectivity index (χ1n) is 8.60. The number of ether oxygens (including phenoxy) is 3. The number of thiocarbonyl (C=S) groups is 1. The molecule has 0 atom stereocenters. The zero-order valence-electron chi connectivity index (χ0n) is 15.4. The largest absolute Gasteiger partial charge is 0.493 e. The van der Waals surface area contributed by atoms with Gasteiger partial charge in [-0.15, -0.1) is 0 Å². The highest BCUT2D eigenvalue weighted by atomic mass is 35.5. The summed E-state index contributed by atoms with van der Waals surface area (Å²) in [5.74, 6) is 1.54. The molecule has 2 aromatic rings. The van der Waals surface area contributed by atoms with E-state index in [1.165, 1.54) is 11.8 Å². The third-order valence-electron chi connectivity index (χ3n) is 3.83. The summed E-state index contributed by atoms with van der Waals surface area (Å²) in [5.41, 5.74) is 0.607. The van der Waals surface area contributed by atoms with Crippen molar-refractivity contribution in [1.82, 2.24) is 5.32 Å². The molecular weight excluding hydrogens is 453 g/mol. The van der Waals surface area contributed by atoms with Gasteiger partial charge >= 0.3 is 0 Å². The molecule has 0 bridgehead atoms. The van der Waals surface area contributed by atoms with Gasteiger partial charge in [-0.25, -0.2) is 0 Å². The number of carbonyl (C=O) groups is 1. The number of methoxy groups -OCH3 is 1. The number of amides is 1. The molecule has 0 unspecified atom stereocenters. The highest BCUT2D eigenvalue weighted by molar-refractivity contribution is 8.26. The Morgan fingerprint density at radius 3 is 2.55 bits per heavy atom. The maximum absolute atomic E-state index is 11.9. The van der Waals surface area contributed by atoms with Gasteiger partial charge in [0.2, 0.25) is 0 Å². The van der Waals surface area contributed by atoms with E-state index in [2.05, 4.69) is 5.32 Å². The Balaban J connectivity index is 1.64. The molecular formula is C20H17Cl2NO4S2. The first-order valence-corrected chi connectivity index (χ1v) is 10.6. The molecule has 152 valence electrons. The number of rotatable bonds is 8. The maximum Gasteiger partial charge on any atom is 0.263 e. The van der Waals surface area contributed by atoms with Crippen molar-refractivity contribution in [3.63, 3.8) is 0 Å². The van der Waals surface area contributed by atoms with Gasteiger partial charge in [-0.1, -0.05) is 59.3 Å². The van der Waals surface area contributed by atoms with Crippen LogP contribution in [0.4, 0.5) is 0 Å². The van der Waals surface area contributed by atoms with Crippen molar-refractivity contribution >= 4 is 63.5 Å². The normalized spacial score (nSPS) is 14.8. The van der Waals surface area contributed by atoms with E-state index < -0.39 is 0 Å². The molecule has 1 fully saturated rings. The van der Waals surface area contributed by atoms with E-state index in [4.69, 9.17) is 49.6 Å². The van der Waals surface area contributed by atoms with Crippen LogP contribution < -0.4 is 19.5 Å². The van der Waals surface area contributed by atoms with Crippen LogP contribution in [0.25, 0.3) is 6.08 Å². The molecule has 0 radical (unpaired) electrons. The Morgan fingerprint density at radius 2 is 1.86 bits per heavy atom. The SMILES string of the molecule is COc1ccccc1OCCCOc1c(Cl)cc(Cl)cc1/C=C1\SC(=S)NC1=O. The molecule has 0 aromatic heterocycles. The number of carbonyl (C=O) groups excluding carboxylic acids is 1. The Kier molecular flexibility index (Phi) is 7.66. The number of thioether (sulfide) groups is 1. The molecule has 1 aliphatic rings. The Bertz CT molecular complexity index is 965. The van der Waals surface area contributed by atoms with Crippen molar-refractivity contribution < 1.29 is 19.0 Å². The lowest BCUT2D eigenvalue weighted by molar-refractivity contribution is -0.115. The van der Waals surface area contributed by atoms with Crippen molar-refractivity contribution in [2.45, 2.75) is 6.42 Å². The van der Waals surface area contributed by atoms with Crippen LogP contribution >= 0.6 is 47.2 Å². The van der Waals surface area contributed by atoms with Gasteiger partial charge < -0.3 is 19.5 Å². The second-order valence-electron chi connectivity index (χ2n) is 5.86. The lowest BCUT2D eigenvalue weighted by Crippen LogP contribution is -2.17. The van der Waals surface area contributed by atoms with Gasteiger partial charge in [0.05, 0.1) is 30.3 Å². The van der Waals surface area contributed by atoms with Gasteiger partial charge in [0.25, 0.3) is 5.91 Å². The van der Waals surface area contributed by atoms with Crippen LogP contribution in [0.1, 0.15) is 12.0 Å². The van der Waals surface area contributed by atoms with Crippen molar-refractivity contribution in [2.24, 2.45) is 0 Å². The maximum atomic E-state index is 11.9. The number of hydrogen-bond donors (Lipinski definition) is 1. The van der Waals surface area contributed by atoms with E-state index >= 15 is 0 Å². The van der Waals surface area contributed by atoms with Gasteiger partial charge in [-0.2, -0.15) is 0 Å². The first-order chi connectivity index (χ1) is 14.0. The summed E-state index contributed by atoms with van der Waals surface area (Å²) in [4.78, 5) is 12.4. The molecule has 5 nitrogen and oxygen atoms in total. The minimum atomic E-state index is -0.257. The van der Waals surface area contributed by atoms with E-state index in [1.807, 2.05) is 24.3 Å². The van der Waals surface area contributed by atoms with Crippen molar-refractivity contribution in [3.05, 3.63) is 56.9 Å². The number of hydrogen-bond acceptors (Lipinski definition) is 6. The second kappa shape index (κ2) is 10.2. The number of benzene rings is 2. The van der Waals surface area contributed by atoms with Crippen molar-refractivity contribution in [1.29, 1.82) is 0 Å². The van der Waals surface area contributed by atoms with Gasteiger partial charge in [0.1, 0.15) is 10.1 Å². The molecule has 0 spiro atoms. The molecule has 3 rings (SSSR count). The molecule has 0 aliphatic carbocycles. The summed E-state index contributed by atoms with van der Waals surface area (Å²) in [6, 6.07) is 10.7. The minimum absolute atomic E-state index is 0.257. The number of halogens is 2. The highest BCUT2D eigenvalue weighted by Gasteiger charge is 2.23. The topological polar surface area (TPSA) is 56.8 Å². The summed E-state index contributed by atoms with van der Waals surface area (Å²) in [6.07, 6.45) is 2.28. The smallest absolute Gasteiger partial charge is 0.263 e. The third kappa shape index (κ3) is 5.79. The van der Waals surface area contributed by atoms with Crippen LogP contribution in [-0.4, -0.2) is 30.6 Å². The fourth-order valence-electron chi connectivity index (χ4n) is 2.56. The molecule has 1 N–H and O–H groups in total. The average Bonchev–Trinajstić information content (AvgIpc) is 3.00. The summed E-state index contributed by atoms with van der Waals surface area (Å²) < 4.78 is 17.3. The minimum Gasteiger partial charge on any atom is -0.493 e. The molecule has 2 aromatic carbocycles. The van der Waals surface area contributed by atoms with E-state index in [0.29, 0.717) is 61.7 Å². The fourth-order valence-corrected chi connectivity index (χ4v) is 4.15. The molecule has 0 saturated carbocycles. The summed E-state index contributed by atoms with van der Waals surface area (Å²) in [6.45, 7) is 0.805. The Labute approximate surface area is 188 Å². The van der Waals surface area contributed by atoms with Gasteiger partial charge in [0, 0.05) is 17.0 Å². The van der Waals surface area contributed by atoms with Gasteiger partial charge in [-0.3, -0.25) is 4.79 Å². The standard InChI is InChI=1S/C20H17Cl2NO4S2/c1-25-15-5-2-3-6-16(15)26-7-4-8-27-18-12(9-13(21)11-14(18)22)10-17-19(24)23-20(28)29-17/h2-3,5-6,9-11H,4,7-8H2,1H3,(H,23,24,28)/b17-10-. The second-order valence-corrected chi connectivity index (χ2v) is 8.42. The van der Waals surface area contributed by atoms with Crippen molar-refractivity contribution in [3.8, 4) is 17.2 Å². The summed E-state index contributed by atoms with van der Waals surface area (Å²) in [5, 5.41) is 3.38. The summed E-state index contributed by atoms with van der Waals surface area (Å²) >= 11 is 18.6. The summed E-state index contributed by atoms with van der Waals surface area (Å²) in [7, 11) is 1.60. The molecule has 29 heavy (non-hydrogen) atoms. The molecule has 9 heteroatoms. The van der Waals surface area contributed by atoms with Crippen molar-refractivity contribution in [2.75, 3.05) is 20.3 Å². The zero-order valence-corrected chi connectivity index (χ0v) is 18.5. The lowest BCUT2D eigenvalue weighted by Gasteiger charge is -2.13. The number of para-hydroxylation sites is 2. The van der Waals surface area contributed by atoms with E-state index in [-0.39, 0.29) is 5.91 Å². The van der Waals surface area contributed by atoms with Crippen LogP contribution in [0.5, 0.6) is 17.2 Å². The quantitative estimate of drug-likeness (QED) is 0.320. The highest BCUT2D eigenvalue weighted by Crippen LogP contribution is 2.36. The van der Waals surface area contributed by atoms with E-state index in [0.717, 1.165) is 0 Å². The van der Waals surface area contributed by atoms with Crippen LogP contribution in [0.2, 0.25) is 10.0 Å². The number of nitrogens with one attached hydrogen (secondary N) is 1. The van der Waals surface area contributed by atoms with Crippen LogP contribution in [0.15, 0.2) is 41.3 Å². The molecule has 1 heterocycles. The molecule has 1 aliphatic heterocycles. The lowest BCUT2D eigenvalue weighted by atomic mass is 10.2. The Morgan fingerprint density at radius 1 is 1.14 bits per heavy atom. The Hall–Kier alpha value is -1.93. The van der Waals surface area contributed by atoms with Crippen LogP contribution in [0, 0.1) is 0 Å². The predicted molar refractivity (Wildman–Crippen MR) is 121 cm³/mol. The van der Waals surface area contributed by atoms with Gasteiger partial charge in [0.15, 0.2) is 11.5 Å². The van der Waals surface area contributed by atoms with Crippen LogP contribution in [0.3, 0.4) is 0 Å². The zero-order chi connectivity index (χ0) is 20.8. The third-order valence-corrected chi connectivity index (χ3v) is 5.49. The van der Waals surface area contributed by atoms with E-state index in [9.17, 15) is 4.79 Å². The van der Waals surface area contributed by atoms with Gasteiger partial charge in [-0.05, 0) is 30.3 Å². The fraction of sp³-hybridized carbons (Fsp3) is 0.200. The first kappa shape index (κ1) is 21.8. The monoisotopic (exact) mass is 469 g/mol.